The number of carbonyl (C=O) groups is 1. The highest BCUT2D eigenvalue weighted by Crippen LogP contribution is 2.05. The lowest BCUT2D eigenvalue weighted by atomic mass is 10.0. The van der Waals surface area contributed by atoms with Crippen LogP contribution in [0.3, 0.4) is 0 Å². The van der Waals surface area contributed by atoms with E-state index in [0.717, 1.165) is 25.2 Å². The van der Waals surface area contributed by atoms with E-state index in [1.54, 1.807) is 12.1 Å². The number of rotatable bonds is 5. The summed E-state index contributed by atoms with van der Waals surface area (Å²) in [5, 5.41) is 6.07. The Balaban J connectivity index is 0.00000162. The molecule has 5 heteroatoms. The van der Waals surface area contributed by atoms with Gasteiger partial charge in [0.05, 0.1) is 0 Å². The molecule has 0 bridgehead atoms. The minimum absolute atomic E-state index is 0. The third-order valence-corrected chi connectivity index (χ3v) is 3.01. The lowest BCUT2D eigenvalue weighted by Crippen LogP contribution is -2.48. The number of amides is 1. The molecular weight excluding hydrogens is 255 g/mol. The average molecular weight is 273 g/mol. The van der Waals surface area contributed by atoms with Gasteiger partial charge in [0.1, 0.15) is 5.82 Å². The first-order chi connectivity index (χ1) is 8.24. The van der Waals surface area contributed by atoms with Crippen LogP contribution in [0, 0.1) is 11.7 Å². The molecule has 1 aromatic carbocycles. The summed E-state index contributed by atoms with van der Waals surface area (Å²) in [6, 6.07) is 6.29. The molecule has 0 radical (unpaired) electrons. The van der Waals surface area contributed by atoms with Gasteiger partial charge in [-0.15, -0.1) is 12.4 Å². The van der Waals surface area contributed by atoms with Crippen molar-refractivity contribution in [2.24, 2.45) is 5.92 Å². The Labute approximate surface area is 113 Å². The molecular formula is C13H18ClFN2O. The molecule has 2 N–H and O–H groups in total. The van der Waals surface area contributed by atoms with Crippen molar-refractivity contribution in [1.29, 1.82) is 0 Å². The summed E-state index contributed by atoms with van der Waals surface area (Å²) >= 11 is 0. The van der Waals surface area contributed by atoms with Crippen LogP contribution >= 0.6 is 12.4 Å². The molecule has 1 aliphatic rings. The van der Waals surface area contributed by atoms with Crippen LogP contribution in [0.5, 0.6) is 0 Å². The number of halogens is 2. The van der Waals surface area contributed by atoms with Gasteiger partial charge in [-0.1, -0.05) is 12.1 Å². The number of nitrogens with one attached hydrogen (secondary N) is 2. The molecule has 1 saturated heterocycles. The van der Waals surface area contributed by atoms with E-state index < -0.39 is 0 Å². The third kappa shape index (κ3) is 4.63. The Bertz CT molecular complexity index is 379. The molecule has 0 spiro atoms. The first kappa shape index (κ1) is 14.9. The largest absolute Gasteiger partial charge is 0.356 e. The van der Waals surface area contributed by atoms with Crippen LogP contribution in [0.4, 0.5) is 4.39 Å². The Morgan fingerprint density at radius 3 is 2.56 bits per heavy atom. The van der Waals surface area contributed by atoms with Crippen LogP contribution in [-0.2, 0) is 11.2 Å². The van der Waals surface area contributed by atoms with Gasteiger partial charge < -0.3 is 10.6 Å². The molecule has 1 amide bonds. The maximum Gasteiger partial charge on any atom is 0.220 e. The third-order valence-electron chi connectivity index (χ3n) is 3.01. The highest BCUT2D eigenvalue weighted by Gasteiger charge is 2.16. The van der Waals surface area contributed by atoms with Gasteiger partial charge in [0.2, 0.25) is 5.91 Å². The number of hydrogen-bond donors (Lipinski definition) is 2. The smallest absolute Gasteiger partial charge is 0.220 e. The lowest BCUT2D eigenvalue weighted by Gasteiger charge is -2.27. The van der Waals surface area contributed by atoms with E-state index in [2.05, 4.69) is 10.6 Å². The summed E-state index contributed by atoms with van der Waals surface area (Å²) in [5.74, 6) is 0.418. The highest BCUT2D eigenvalue weighted by molar-refractivity contribution is 5.85. The maximum absolute atomic E-state index is 12.7. The van der Waals surface area contributed by atoms with Crippen molar-refractivity contribution in [3.8, 4) is 0 Å². The number of hydrogen-bond acceptors (Lipinski definition) is 2. The van der Waals surface area contributed by atoms with Gasteiger partial charge in [0.15, 0.2) is 0 Å². The summed E-state index contributed by atoms with van der Waals surface area (Å²) in [6.45, 7) is 2.76. The molecule has 0 aromatic heterocycles. The van der Waals surface area contributed by atoms with Gasteiger partial charge in [-0.3, -0.25) is 4.79 Å². The predicted octanol–water partition coefficient (Wildman–Crippen LogP) is 1.52. The molecule has 100 valence electrons. The molecule has 1 fully saturated rings. The monoisotopic (exact) mass is 272 g/mol. The Hall–Kier alpha value is -1.13. The molecule has 0 aliphatic carbocycles. The SMILES string of the molecule is Cl.O=C(CCc1ccc(F)cc1)NCC1CNC1. The van der Waals surface area contributed by atoms with Crippen LogP contribution in [0.15, 0.2) is 24.3 Å². The van der Waals surface area contributed by atoms with Crippen molar-refractivity contribution < 1.29 is 9.18 Å². The van der Waals surface area contributed by atoms with Gasteiger partial charge in [-0.25, -0.2) is 4.39 Å². The minimum atomic E-state index is -0.240. The molecule has 1 aromatic rings. The summed E-state index contributed by atoms with van der Waals surface area (Å²) in [5.41, 5.74) is 0.992. The van der Waals surface area contributed by atoms with Gasteiger partial charge in [-0.2, -0.15) is 0 Å². The normalized spacial score (nSPS) is 14.5. The topological polar surface area (TPSA) is 41.1 Å². The summed E-state index contributed by atoms with van der Waals surface area (Å²) in [7, 11) is 0. The van der Waals surface area contributed by atoms with Crippen LogP contribution < -0.4 is 10.6 Å². The van der Waals surface area contributed by atoms with E-state index in [9.17, 15) is 9.18 Å². The molecule has 0 unspecified atom stereocenters. The van der Waals surface area contributed by atoms with Gasteiger partial charge in [0.25, 0.3) is 0 Å². The quantitative estimate of drug-likeness (QED) is 0.853. The Morgan fingerprint density at radius 1 is 1.33 bits per heavy atom. The van der Waals surface area contributed by atoms with Crippen LogP contribution in [0.25, 0.3) is 0 Å². The summed E-state index contributed by atoms with van der Waals surface area (Å²) < 4.78 is 12.7. The van der Waals surface area contributed by atoms with E-state index >= 15 is 0 Å². The zero-order valence-corrected chi connectivity index (χ0v) is 10.9. The highest BCUT2D eigenvalue weighted by atomic mass is 35.5. The zero-order chi connectivity index (χ0) is 12.1. The average Bonchev–Trinajstić information content (AvgIpc) is 2.26. The van der Waals surface area contributed by atoms with E-state index in [1.165, 1.54) is 12.1 Å². The predicted molar refractivity (Wildman–Crippen MR) is 71.3 cm³/mol. The zero-order valence-electron chi connectivity index (χ0n) is 10.1. The molecule has 0 atom stereocenters. The summed E-state index contributed by atoms with van der Waals surface area (Å²) in [4.78, 5) is 11.5. The van der Waals surface area contributed by atoms with E-state index in [4.69, 9.17) is 0 Å². The summed E-state index contributed by atoms with van der Waals surface area (Å²) in [6.07, 6.45) is 1.13. The number of carbonyl (C=O) groups excluding carboxylic acids is 1. The number of benzene rings is 1. The van der Waals surface area contributed by atoms with Gasteiger partial charge in [-0.05, 0) is 24.1 Å². The molecule has 1 heterocycles. The second-order valence-electron chi connectivity index (χ2n) is 4.45. The van der Waals surface area contributed by atoms with Crippen molar-refractivity contribution in [1.82, 2.24) is 10.6 Å². The fraction of sp³-hybridized carbons (Fsp3) is 0.462. The second-order valence-corrected chi connectivity index (χ2v) is 4.45. The van der Waals surface area contributed by atoms with Crippen molar-refractivity contribution in [3.63, 3.8) is 0 Å². The first-order valence-corrected chi connectivity index (χ1v) is 5.96. The Kier molecular flexibility index (Phi) is 6.09. The number of aryl methyl sites for hydroxylation is 1. The lowest BCUT2D eigenvalue weighted by molar-refractivity contribution is -0.121. The van der Waals surface area contributed by atoms with E-state index in [1.807, 2.05) is 0 Å². The van der Waals surface area contributed by atoms with Crippen molar-refractivity contribution in [3.05, 3.63) is 35.6 Å². The molecule has 2 rings (SSSR count). The first-order valence-electron chi connectivity index (χ1n) is 5.96. The Morgan fingerprint density at radius 2 is 2.00 bits per heavy atom. The van der Waals surface area contributed by atoms with Crippen LogP contribution in [0.2, 0.25) is 0 Å². The second kappa shape index (κ2) is 7.34. The fourth-order valence-corrected chi connectivity index (χ4v) is 1.75. The van der Waals surface area contributed by atoms with E-state index in [0.29, 0.717) is 18.8 Å². The van der Waals surface area contributed by atoms with Gasteiger partial charge >= 0.3 is 0 Å². The molecule has 1 aliphatic heterocycles. The fourth-order valence-electron chi connectivity index (χ4n) is 1.75. The standard InChI is InChI=1S/C13H17FN2O.ClH/c14-12-4-1-10(2-5-12)3-6-13(17)16-9-11-7-15-8-11;/h1-2,4-5,11,15H,3,6-9H2,(H,16,17);1H. The van der Waals surface area contributed by atoms with E-state index in [-0.39, 0.29) is 24.1 Å². The van der Waals surface area contributed by atoms with Crippen LogP contribution in [-0.4, -0.2) is 25.5 Å². The van der Waals surface area contributed by atoms with Crippen LogP contribution in [0.1, 0.15) is 12.0 Å². The van der Waals surface area contributed by atoms with Crippen molar-refractivity contribution in [2.45, 2.75) is 12.8 Å². The van der Waals surface area contributed by atoms with Crippen molar-refractivity contribution >= 4 is 18.3 Å². The molecule has 0 saturated carbocycles. The minimum Gasteiger partial charge on any atom is -0.356 e. The van der Waals surface area contributed by atoms with Crippen molar-refractivity contribution in [2.75, 3.05) is 19.6 Å². The molecule has 18 heavy (non-hydrogen) atoms. The van der Waals surface area contributed by atoms with Gasteiger partial charge in [0, 0.05) is 32.0 Å². The molecule has 3 nitrogen and oxygen atoms in total. The maximum atomic E-state index is 12.7.